The fraction of sp³-hybridized carbons (Fsp3) is 0.700. The van der Waals surface area contributed by atoms with E-state index < -0.39 is 20.1 Å². The Hall–Kier alpha value is -2.08. The largest absolute Gasteiger partial charge is 0.414 e. The molecular weight excluding hydrogens is 416 g/mol. The van der Waals surface area contributed by atoms with Gasteiger partial charge in [0.15, 0.2) is 19.5 Å². The van der Waals surface area contributed by atoms with E-state index in [0.29, 0.717) is 18.7 Å². The van der Waals surface area contributed by atoms with Crippen molar-refractivity contribution >= 4 is 31.3 Å². The van der Waals surface area contributed by atoms with Crippen molar-refractivity contribution in [3.63, 3.8) is 0 Å². The summed E-state index contributed by atoms with van der Waals surface area (Å²) in [6, 6.07) is -0.214. The van der Waals surface area contributed by atoms with Gasteiger partial charge in [-0.2, -0.15) is 4.98 Å². The highest BCUT2D eigenvalue weighted by atomic mass is 28.4. The lowest BCUT2D eigenvalue weighted by molar-refractivity contribution is -0.118. The first-order valence-electron chi connectivity index (χ1n) is 10.6. The molecule has 172 valence electrons. The molecule has 3 unspecified atom stereocenters. The molecule has 0 saturated carbocycles. The number of hydrogen-bond donors (Lipinski definition) is 3. The van der Waals surface area contributed by atoms with Gasteiger partial charge in [-0.1, -0.05) is 34.6 Å². The summed E-state index contributed by atoms with van der Waals surface area (Å²) in [5.41, 5.74) is 6.44. The fourth-order valence-electron chi connectivity index (χ4n) is 3.05. The summed E-state index contributed by atoms with van der Waals surface area (Å²) in [7, 11) is -1.93. The van der Waals surface area contributed by atoms with Gasteiger partial charge in [-0.15, -0.1) is 0 Å². The molecule has 1 fully saturated rings. The SMILES string of the molecule is CC(C)C(=O)Nc1nc2c(ncn2C2CC(N)C(CO[Si](C)(C)C(C)(C)C)O2)c(=O)[nH]1. The van der Waals surface area contributed by atoms with E-state index in [1.807, 2.05) is 0 Å². The van der Waals surface area contributed by atoms with Gasteiger partial charge in [0.1, 0.15) is 6.23 Å². The molecule has 3 atom stereocenters. The summed E-state index contributed by atoms with van der Waals surface area (Å²) < 4.78 is 14.2. The number of anilines is 1. The zero-order chi connectivity index (χ0) is 23.1. The average Bonchev–Trinajstić information content (AvgIpc) is 3.22. The predicted octanol–water partition coefficient (Wildman–Crippen LogP) is 2.35. The average molecular weight is 451 g/mol. The first-order valence-corrected chi connectivity index (χ1v) is 13.5. The van der Waals surface area contributed by atoms with Crippen LogP contribution in [-0.4, -0.2) is 52.5 Å². The van der Waals surface area contributed by atoms with Crippen LogP contribution < -0.4 is 16.6 Å². The topological polar surface area (TPSA) is 137 Å². The summed E-state index contributed by atoms with van der Waals surface area (Å²) in [6.07, 6.45) is 1.38. The van der Waals surface area contributed by atoms with E-state index in [1.54, 1.807) is 18.4 Å². The Kier molecular flexibility index (Phi) is 6.43. The monoisotopic (exact) mass is 450 g/mol. The maximum Gasteiger partial charge on any atom is 0.280 e. The van der Waals surface area contributed by atoms with Gasteiger partial charge in [-0.05, 0) is 18.1 Å². The number of carbonyl (C=O) groups excluding carboxylic acids is 1. The molecule has 10 nitrogen and oxygen atoms in total. The van der Waals surface area contributed by atoms with Crippen LogP contribution in [-0.2, 0) is 14.0 Å². The molecule has 11 heteroatoms. The number of aromatic nitrogens is 4. The normalized spacial score (nSPS) is 22.4. The molecule has 0 bridgehead atoms. The number of amides is 1. The van der Waals surface area contributed by atoms with Gasteiger partial charge in [-0.3, -0.25) is 24.5 Å². The van der Waals surface area contributed by atoms with Crippen LogP contribution in [0, 0.1) is 5.92 Å². The van der Waals surface area contributed by atoms with Crippen molar-refractivity contribution in [2.24, 2.45) is 11.7 Å². The minimum absolute atomic E-state index is 0.0815. The first kappa shape index (κ1) is 23.6. The summed E-state index contributed by atoms with van der Waals surface area (Å²) in [5, 5.41) is 2.72. The van der Waals surface area contributed by atoms with Gasteiger partial charge in [0.05, 0.1) is 19.0 Å². The van der Waals surface area contributed by atoms with E-state index in [4.69, 9.17) is 14.9 Å². The molecule has 2 aromatic rings. The van der Waals surface area contributed by atoms with E-state index >= 15 is 0 Å². The van der Waals surface area contributed by atoms with Crippen molar-refractivity contribution in [1.29, 1.82) is 0 Å². The zero-order valence-electron chi connectivity index (χ0n) is 19.4. The van der Waals surface area contributed by atoms with E-state index in [-0.39, 0.29) is 40.5 Å². The van der Waals surface area contributed by atoms with E-state index in [2.05, 4.69) is 54.1 Å². The lowest BCUT2D eigenvalue weighted by Crippen LogP contribution is -2.45. The number of carbonyl (C=O) groups is 1. The molecule has 2 aromatic heterocycles. The molecule has 0 radical (unpaired) electrons. The molecule has 1 saturated heterocycles. The lowest BCUT2D eigenvalue weighted by atomic mass is 10.1. The van der Waals surface area contributed by atoms with E-state index in [9.17, 15) is 9.59 Å². The van der Waals surface area contributed by atoms with Crippen molar-refractivity contribution in [3.05, 3.63) is 16.7 Å². The van der Waals surface area contributed by atoms with Gasteiger partial charge in [-0.25, -0.2) is 4.98 Å². The minimum Gasteiger partial charge on any atom is -0.414 e. The van der Waals surface area contributed by atoms with Crippen molar-refractivity contribution in [3.8, 4) is 0 Å². The number of nitrogens with two attached hydrogens (primary N) is 1. The Balaban J connectivity index is 1.80. The molecule has 3 heterocycles. The molecule has 1 amide bonds. The molecule has 4 N–H and O–H groups in total. The summed E-state index contributed by atoms with van der Waals surface area (Å²) in [5.74, 6) is -0.405. The number of nitrogens with zero attached hydrogens (tertiary/aromatic N) is 3. The van der Waals surface area contributed by atoms with Crippen LogP contribution in [0.15, 0.2) is 11.1 Å². The number of rotatable bonds is 6. The van der Waals surface area contributed by atoms with Gasteiger partial charge < -0.3 is 14.9 Å². The number of ether oxygens (including phenoxy) is 1. The summed E-state index contributed by atoms with van der Waals surface area (Å²) in [4.78, 5) is 35.5. The quantitative estimate of drug-likeness (QED) is 0.574. The molecule has 1 aliphatic heterocycles. The predicted molar refractivity (Wildman–Crippen MR) is 121 cm³/mol. The summed E-state index contributed by atoms with van der Waals surface area (Å²) in [6.45, 7) is 14.9. The first-order chi connectivity index (χ1) is 14.3. The van der Waals surface area contributed by atoms with Gasteiger partial charge >= 0.3 is 0 Å². The van der Waals surface area contributed by atoms with Crippen molar-refractivity contribution < 1.29 is 14.0 Å². The van der Waals surface area contributed by atoms with Crippen molar-refractivity contribution in [1.82, 2.24) is 19.5 Å². The molecule has 0 aromatic carbocycles. The number of fused-ring (bicyclic) bond motifs is 1. The van der Waals surface area contributed by atoms with Gasteiger partial charge in [0, 0.05) is 18.4 Å². The molecule has 1 aliphatic rings. The molecule has 0 aliphatic carbocycles. The molecular formula is C20H34N6O4Si. The number of imidazole rings is 1. The Morgan fingerprint density at radius 3 is 2.74 bits per heavy atom. The second-order valence-corrected chi connectivity index (χ2v) is 14.8. The molecule has 31 heavy (non-hydrogen) atoms. The maximum absolute atomic E-state index is 12.4. The maximum atomic E-state index is 12.4. The zero-order valence-corrected chi connectivity index (χ0v) is 20.4. The van der Waals surface area contributed by atoms with Crippen molar-refractivity contribution in [2.75, 3.05) is 11.9 Å². The smallest absolute Gasteiger partial charge is 0.280 e. The number of H-pyrrole nitrogens is 1. The van der Waals surface area contributed by atoms with Crippen LogP contribution in [0.1, 0.15) is 47.3 Å². The van der Waals surface area contributed by atoms with Gasteiger partial charge in [0.2, 0.25) is 11.9 Å². The standard InChI is InChI=1S/C20H34N6O4Si/c1-11(2)17(27)24-19-23-16-15(18(28)25-19)22-10-26(16)14-8-12(21)13(30-14)9-29-31(6,7)20(3,4)5/h10-14H,8-9,21H2,1-7H3,(H2,23,24,25,27,28). The minimum atomic E-state index is -1.93. The van der Waals surface area contributed by atoms with E-state index in [0.717, 1.165) is 0 Å². The fourth-order valence-corrected chi connectivity index (χ4v) is 4.06. The lowest BCUT2D eigenvalue weighted by Gasteiger charge is -2.37. The highest BCUT2D eigenvalue weighted by molar-refractivity contribution is 6.74. The highest BCUT2D eigenvalue weighted by Crippen LogP contribution is 2.37. The molecule has 3 rings (SSSR count). The third-order valence-corrected chi connectivity index (χ3v) is 10.7. The van der Waals surface area contributed by atoms with Crippen LogP contribution >= 0.6 is 0 Å². The van der Waals surface area contributed by atoms with E-state index in [1.165, 1.54) is 6.33 Å². The Morgan fingerprint density at radius 2 is 2.13 bits per heavy atom. The number of nitrogens with one attached hydrogen (secondary N) is 2. The Morgan fingerprint density at radius 1 is 1.45 bits per heavy atom. The van der Waals surface area contributed by atoms with Crippen molar-refractivity contribution in [2.45, 2.75) is 77.5 Å². The van der Waals surface area contributed by atoms with Crippen LogP contribution in [0.3, 0.4) is 0 Å². The Labute approximate surface area is 183 Å². The van der Waals surface area contributed by atoms with Crippen LogP contribution in [0.4, 0.5) is 5.95 Å². The van der Waals surface area contributed by atoms with Crippen LogP contribution in [0.2, 0.25) is 18.1 Å². The highest BCUT2D eigenvalue weighted by Gasteiger charge is 2.40. The van der Waals surface area contributed by atoms with Crippen LogP contribution in [0.25, 0.3) is 11.2 Å². The number of aromatic amines is 1. The second-order valence-electron chi connectivity index (χ2n) is 9.98. The third kappa shape index (κ3) is 4.89. The third-order valence-electron chi connectivity index (χ3n) is 6.21. The van der Waals surface area contributed by atoms with Crippen LogP contribution in [0.5, 0.6) is 0 Å². The second kappa shape index (κ2) is 8.45. The van der Waals surface area contributed by atoms with Gasteiger partial charge in [0.25, 0.3) is 5.56 Å². The molecule has 0 spiro atoms. The number of hydrogen-bond acceptors (Lipinski definition) is 7. The summed E-state index contributed by atoms with van der Waals surface area (Å²) >= 11 is 0. The Bertz CT molecular complexity index is 1010.